The van der Waals surface area contributed by atoms with Gasteiger partial charge in [-0.3, -0.25) is 4.79 Å². The molecule has 3 aromatic rings. The molecule has 0 aliphatic heterocycles. The molecule has 1 amide bonds. The molecule has 134 valence electrons. The van der Waals surface area contributed by atoms with Crippen molar-refractivity contribution in [2.75, 3.05) is 5.32 Å². The number of anilines is 1. The van der Waals surface area contributed by atoms with Crippen molar-refractivity contribution in [3.8, 4) is 11.3 Å². The lowest BCUT2D eigenvalue weighted by Gasteiger charge is -2.09. The fourth-order valence-corrected chi connectivity index (χ4v) is 2.59. The van der Waals surface area contributed by atoms with Crippen molar-refractivity contribution >= 4 is 11.6 Å². The van der Waals surface area contributed by atoms with Crippen LogP contribution in [0.4, 0.5) is 14.5 Å². The highest BCUT2D eigenvalue weighted by molar-refractivity contribution is 5.91. The number of hydrogen-bond acceptors (Lipinski definition) is 3. The molecule has 0 spiro atoms. The molecule has 0 atom stereocenters. The van der Waals surface area contributed by atoms with Crippen LogP contribution in [0, 0.1) is 25.5 Å². The van der Waals surface area contributed by atoms with Crippen molar-refractivity contribution < 1.29 is 18.0 Å². The van der Waals surface area contributed by atoms with Gasteiger partial charge in [0.2, 0.25) is 5.91 Å². The lowest BCUT2D eigenvalue weighted by atomic mass is 10.1. The largest absolute Gasteiger partial charge is 0.441 e. The zero-order valence-electron chi connectivity index (χ0n) is 14.5. The number of rotatable bonds is 5. The van der Waals surface area contributed by atoms with Gasteiger partial charge in [-0.1, -0.05) is 18.2 Å². The fourth-order valence-electron chi connectivity index (χ4n) is 2.59. The number of aromatic nitrogens is 1. The summed E-state index contributed by atoms with van der Waals surface area (Å²) in [5, 5.41) is 2.85. The van der Waals surface area contributed by atoms with Crippen LogP contribution in [-0.2, 0) is 11.2 Å². The number of nitrogens with one attached hydrogen (secondary N) is 1. The van der Waals surface area contributed by atoms with E-state index in [1.807, 2.05) is 32.0 Å². The molecule has 0 saturated heterocycles. The van der Waals surface area contributed by atoms with Gasteiger partial charge in [-0.25, -0.2) is 13.8 Å². The van der Waals surface area contributed by atoms with Gasteiger partial charge in [0, 0.05) is 18.5 Å². The standard InChI is InChI=1S/C20H18F2N2O2/c1-12-5-3-8-16(13(12)2)24-18(25)9-10-19-23-11-17(26-19)20-14(21)6-4-7-15(20)22/h3-8,11H,9-10H2,1-2H3,(H,24,25). The van der Waals surface area contributed by atoms with Gasteiger partial charge < -0.3 is 9.73 Å². The van der Waals surface area contributed by atoms with E-state index in [1.54, 1.807) is 0 Å². The molecule has 0 bridgehead atoms. The summed E-state index contributed by atoms with van der Waals surface area (Å²) in [7, 11) is 0. The molecule has 0 saturated carbocycles. The van der Waals surface area contributed by atoms with Crippen LogP contribution in [0.25, 0.3) is 11.3 Å². The normalized spacial score (nSPS) is 10.8. The van der Waals surface area contributed by atoms with Crippen LogP contribution in [-0.4, -0.2) is 10.9 Å². The van der Waals surface area contributed by atoms with Crippen molar-refractivity contribution in [1.82, 2.24) is 4.98 Å². The van der Waals surface area contributed by atoms with Crippen molar-refractivity contribution in [2.24, 2.45) is 0 Å². The van der Waals surface area contributed by atoms with E-state index in [2.05, 4.69) is 10.3 Å². The minimum absolute atomic E-state index is 0.00513. The summed E-state index contributed by atoms with van der Waals surface area (Å²) in [4.78, 5) is 16.1. The number of benzene rings is 2. The second-order valence-corrected chi connectivity index (χ2v) is 6.01. The second-order valence-electron chi connectivity index (χ2n) is 6.01. The van der Waals surface area contributed by atoms with Gasteiger partial charge in [-0.15, -0.1) is 0 Å². The number of amides is 1. The number of oxazole rings is 1. The SMILES string of the molecule is Cc1cccc(NC(=O)CCc2ncc(-c3c(F)cccc3F)o2)c1C. The quantitative estimate of drug-likeness (QED) is 0.714. The highest BCUT2D eigenvalue weighted by atomic mass is 19.1. The van der Waals surface area contributed by atoms with Crippen molar-refractivity contribution in [3.05, 3.63) is 71.2 Å². The average molecular weight is 356 g/mol. The Balaban J connectivity index is 1.65. The number of halogens is 2. The van der Waals surface area contributed by atoms with E-state index >= 15 is 0 Å². The summed E-state index contributed by atoms with van der Waals surface area (Å²) in [6.45, 7) is 3.91. The molecule has 26 heavy (non-hydrogen) atoms. The average Bonchev–Trinajstić information content (AvgIpc) is 3.06. The number of nitrogens with zero attached hydrogens (tertiary/aromatic N) is 1. The molecule has 1 aromatic heterocycles. The van der Waals surface area contributed by atoms with E-state index in [9.17, 15) is 13.6 Å². The van der Waals surface area contributed by atoms with Crippen LogP contribution in [0.5, 0.6) is 0 Å². The Morgan fingerprint density at radius 3 is 2.54 bits per heavy atom. The molecule has 4 nitrogen and oxygen atoms in total. The summed E-state index contributed by atoms with van der Waals surface area (Å²) in [6.07, 6.45) is 1.64. The van der Waals surface area contributed by atoms with Gasteiger partial charge in [-0.2, -0.15) is 0 Å². The summed E-state index contributed by atoms with van der Waals surface area (Å²) in [5.74, 6) is -1.37. The maximum Gasteiger partial charge on any atom is 0.224 e. The molecule has 0 aliphatic rings. The maximum absolute atomic E-state index is 13.8. The van der Waals surface area contributed by atoms with Crippen LogP contribution in [0.3, 0.4) is 0 Å². The zero-order valence-corrected chi connectivity index (χ0v) is 14.5. The smallest absolute Gasteiger partial charge is 0.224 e. The summed E-state index contributed by atoms with van der Waals surface area (Å²) in [5.41, 5.74) is 2.60. The Kier molecular flexibility index (Phi) is 5.11. The van der Waals surface area contributed by atoms with Crippen molar-refractivity contribution in [3.63, 3.8) is 0 Å². The van der Waals surface area contributed by atoms with Gasteiger partial charge in [0.05, 0.1) is 11.8 Å². The molecule has 6 heteroatoms. The number of hydrogen-bond donors (Lipinski definition) is 1. The molecule has 0 fully saturated rings. The lowest BCUT2D eigenvalue weighted by Crippen LogP contribution is -2.13. The fraction of sp³-hybridized carbons (Fsp3) is 0.200. The van der Waals surface area contributed by atoms with Gasteiger partial charge in [0.15, 0.2) is 11.7 Å². The summed E-state index contributed by atoms with van der Waals surface area (Å²) in [6, 6.07) is 9.27. The topological polar surface area (TPSA) is 55.1 Å². The minimum atomic E-state index is -0.722. The predicted octanol–water partition coefficient (Wildman–Crippen LogP) is 4.81. The van der Waals surface area contributed by atoms with Crippen molar-refractivity contribution in [1.29, 1.82) is 0 Å². The van der Waals surface area contributed by atoms with Crippen LogP contribution in [0.2, 0.25) is 0 Å². The predicted molar refractivity (Wildman–Crippen MR) is 94.7 cm³/mol. The Bertz CT molecular complexity index is 930. The van der Waals surface area contributed by atoms with E-state index in [0.717, 1.165) is 28.9 Å². The Morgan fingerprint density at radius 1 is 1.12 bits per heavy atom. The summed E-state index contributed by atoms with van der Waals surface area (Å²) < 4.78 is 33.0. The first-order valence-electron chi connectivity index (χ1n) is 8.21. The van der Waals surface area contributed by atoms with Gasteiger partial charge in [-0.05, 0) is 43.2 Å². The molecular weight excluding hydrogens is 338 g/mol. The third kappa shape index (κ3) is 3.79. The van der Waals surface area contributed by atoms with E-state index in [0.29, 0.717) is 0 Å². The van der Waals surface area contributed by atoms with Crippen LogP contribution in [0.15, 0.2) is 47.0 Å². The Labute approximate surface area is 149 Å². The third-order valence-electron chi connectivity index (χ3n) is 4.21. The molecule has 0 unspecified atom stereocenters. The first kappa shape index (κ1) is 17.8. The second kappa shape index (κ2) is 7.47. The van der Waals surface area contributed by atoms with Gasteiger partial charge in [0.1, 0.15) is 11.6 Å². The van der Waals surface area contributed by atoms with Gasteiger partial charge >= 0.3 is 0 Å². The number of carbonyl (C=O) groups excluding carboxylic acids is 1. The maximum atomic E-state index is 13.8. The molecule has 2 aromatic carbocycles. The van der Waals surface area contributed by atoms with E-state index in [4.69, 9.17) is 4.42 Å². The zero-order chi connectivity index (χ0) is 18.7. The van der Waals surface area contributed by atoms with E-state index in [1.165, 1.54) is 12.3 Å². The highest BCUT2D eigenvalue weighted by Crippen LogP contribution is 2.27. The molecule has 1 N–H and O–H groups in total. The number of carbonyl (C=O) groups is 1. The highest BCUT2D eigenvalue weighted by Gasteiger charge is 2.16. The number of aryl methyl sites for hydroxylation is 2. The first-order valence-corrected chi connectivity index (χ1v) is 8.21. The van der Waals surface area contributed by atoms with Crippen LogP contribution in [0.1, 0.15) is 23.4 Å². The van der Waals surface area contributed by atoms with Gasteiger partial charge in [0.25, 0.3) is 0 Å². The van der Waals surface area contributed by atoms with E-state index in [-0.39, 0.29) is 36.0 Å². The molecular formula is C20H18F2N2O2. The van der Waals surface area contributed by atoms with E-state index < -0.39 is 11.6 Å². The lowest BCUT2D eigenvalue weighted by molar-refractivity contribution is -0.116. The van der Waals surface area contributed by atoms with Crippen LogP contribution < -0.4 is 5.32 Å². The Morgan fingerprint density at radius 2 is 1.81 bits per heavy atom. The molecule has 1 heterocycles. The molecule has 0 aliphatic carbocycles. The summed E-state index contributed by atoms with van der Waals surface area (Å²) >= 11 is 0. The van der Waals surface area contributed by atoms with Crippen LogP contribution >= 0.6 is 0 Å². The first-order chi connectivity index (χ1) is 12.5. The van der Waals surface area contributed by atoms with Crippen molar-refractivity contribution in [2.45, 2.75) is 26.7 Å². The molecule has 3 rings (SSSR count). The molecule has 0 radical (unpaired) electrons. The Hall–Kier alpha value is -3.02. The third-order valence-corrected chi connectivity index (χ3v) is 4.21. The monoisotopic (exact) mass is 356 g/mol. The minimum Gasteiger partial charge on any atom is -0.441 e.